The lowest BCUT2D eigenvalue weighted by Crippen LogP contribution is -2.39. The van der Waals surface area contributed by atoms with Crippen LogP contribution in [0.1, 0.15) is 37.7 Å². The molecule has 0 aromatic heterocycles. The molecule has 1 aliphatic carbocycles. The van der Waals surface area contributed by atoms with Crippen molar-refractivity contribution in [2.24, 2.45) is 0 Å². The molecule has 0 saturated heterocycles. The molecular weight excluding hydrogens is 283 g/mol. The van der Waals surface area contributed by atoms with E-state index in [0.717, 1.165) is 37.8 Å². The molecule has 7 heteroatoms. The Morgan fingerprint density at radius 3 is 2.43 bits per heavy atom. The number of alkyl halides is 3. The first-order valence-electron chi connectivity index (χ1n) is 6.90. The number of hydrogen-bond donors (Lipinski definition) is 3. The summed E-state index contributed by atoms with van der Waals surface area (Å²) < 4.78 is 37.5. The Hall–Kier alpha value is -1.92. The summed E-state index contributed by atoms with van der Waals surface area (Å²) in [6.45, 7) is 0. The van der Waals surface area contributed by atoms with Gasteiger partial charge >= 0.3 is 12.2 Å². The highest BCUT2D eigenvalue weighted by atomic mass is 19.4. The van der Waals surface area contributed by atoms with Crippen LogP contribution in [0.25, 0.3) is 0 Å². The van der Waals surface area contributed by atoms with Gasteiger partial charge in [-0.15, -0.1) is 0 Å². The van der Waals surface area contributed by atoms with Crippen molar-refractivity contribution in [1.82, 2.24) is 5.32 Å². The quantitative estimate of drug-likeness (QED) is 0.728. The highest BCUT2D eigenvalue weighted by Gasteiger charge is 2.30. The SMILES string of the molecule is Nc1cc(C(F)(F)F)ccc1NC(=O)NC1CCCCC1. The van der Waals surface area contributed by atoms with Crippen molar-refractivity contribution in [3.63, 3.8) is 0 Å². The summed E-state index contributed by atoms with van der Waals surface area (Å²) >= 11 is 0. The minimum Gasteiger partial charge on any atom is -0.397 e. The Kier molecular flexibility index (Phi) is 4.59. The third-order valence-electron chi connectivity index (χ3n) is 3.57. The molecule has 4 N–H and O–H groups in total. The number of nitrogen functional groups attached to an aromatic ring is 1. The van der Waals surface area contributed by atoms with Crippen LogP contribution in [-0.2, 0) is 6.18 Å². The van der Waals surface area contributed by atoms with Crippen molar-refractivity contribution in [2.75, 3.05) is 11.1 Å². The Labute approximate surface area is 120 Å². The van der Waals surface area contributed by atoms with Crippen LogP contribution in [0.4, 0.5) is 29.3 Å². The fraction of sp³-hybridized carbons (Fsp3) is 0.500. The van der Waals surface area contributed by atoms with Gasteiger partial charge in [-0.3, -0.25) is 0 Å². The predicted molar refractivity (Wildman–Crippen MR) is 74.9 cm³/mol. The molecule has 1 aromatic rings. The number of hydrogen-bond acceptors (Lipinski definition) is 2. The summed E-state index contributed by atoms with van der Waals surface area (Å²) in [5.41, 5.74) is 4.79. The average molecular weight is 301 g/mol. The number of urea groups is 1. The van der Waals surface area contributed by atoms with Gasteiger partial charge in [0.25, 0.3) is 0 Å². The summed E-state index contributed by atoms with van der Waals surface area (Å²) in [5, 5.41) is 5.31. The second-order valence-electron chi connectivity index (χ2n) is 5.23. The number of amides is 2. The van der Waals surface area contributed by atoms with Crippen molar-refractivity contribution in [3.8, 4) is 0 Å². The molecule has 0 heterocycles. The number of carbonyl (C=O) groups is 1. The van der Waals surface area contributed by atoms with Gasteiger partial charge in [-0.05, 0) is 31.0 Å². The normalized spacial score (nSPS) is 16.5. The van der Waals surface area contributed by atoms with E-state index in [0.29, 0.717) is 0 Å². The number of benzene rings is 1. The molecule has 1 aromatic carbocycles. The number of halogens is 3. The number of rotatable bonds is 2. The molecular formula is C14H18F3N3O. The number of carbonyl (C=O) groups excluding carboxylic acids is 1. The summed E-state index contributed by atoms with van der Waals surface area (Å²) in [5.74, 6) is 0. The van der Waals surface area contributed by atoms with Crippen molar-refractivity contribution < 1.29 is 18.0 Å². The third-order valence-corrected chi connectivity index (χ3v) is 3.57. The van der Waals surface area contributed by atoms with Gasteiger partial charge in [-0.2, -0.15) is 13.2 Å². The zero-order chi connectivity index (χ0) is 15.5. The molecule has 1 aliphatic rings. The van der Waals surface area contributed by atoms with E-state index in [4.69, 9.17) is 5.73 Å². The Morgan fingerprint density at radius 2 is 1.86 bits per heavy atom. The second-order valence-corrected chi connectivity index (χ2v) is 5.23. The lowest BCUT2D eigenvalue weighted by Gasteiger charge is -2.23. The summed E-state index contributed by atoms with van der Waals surface area (Å²) in [4.78, 5) is 11.8. The van der Waals surface area contributed by atoms with E-state index in [1.807, 2.05) is 0 Å². The van der Waals surface area contributed by atoms with Gasteiger partial charge in [-0.1, -0.05) is 19.3 Å². The maximum Gasteiger partial charge on any atom is 0.416 e. The molecule has 1 fully saturated rings. The minimum absolute atomic E-state index is 0.108. The Bertz CT molecular complexity index is 511. The van der Waals surface area contributed by atoms with Crippen LogP contribution in [0.15, 0.2) is 18.2 Å². The molecule has 0 atom stereocenters. The van der Waals surface area contributed by atoms with Gasteiger partial charge in [0.1, 0.15) is 0 Å². The van der Waals surface area contributed by atoms with Crippen LogP contribution in [0.2, 0.25) is 0 Å². The summed E-state index contributed by atoms with van der Waals surface area (Å²) in [7, 11) is 0. The first-order chi connectivity index (χ1) is 9.86. The molecule has 0 aliphatic heterocycles. The second kappa shape index (κ2) is 6.24. The van der Waals surface area contributed by atoms with Crippen LogP contribution in [0, 0.1) is 0 Å². The van der Waals surface area contributed by atoms with Gasteiger partial charge < -0.3 is 16.4 Å². The van der Waals surface area contributed by atoms with Crippen molar-refractivity contribution >= 4 is 17.4 Å². The van der Waals surface area contributed by atoms with Crippen molar-refractivity contribution in [3.05, 3.63) is 23.8 Å². The van der Waals surface area contributed by atoms with Gasteiger partial charge in [0.05, 0.1) is 16.9 Å². The van der Waals surface area contributed by atoms with Gasteiger partial charge in [0.2, 0.25) is 0 Å². The van der Waals surface area contributed by atoms with E-state index in [1.165, 1.54) is 12.5 Å². The highest BCUT2D eigenvalue weighted by molar-refractivity contribution is 5.92. The Balaban J connectivity index is 1.97. The molecule has 21 heavy (non-hydrogen) atoms. The molecule has 1 saturated carbocycles. The standard InChI is InChI=1S/C14H18F3N3O/c15-14(16,17)9-6-7-12(11(18)8-9)20-13(21)19-10-4-2-1-3-5-10/h6-8,10H,1-5,18H2,(H2,19,20,21). The maximum atomic E-state index is 12.5. The first kappa shape index (κ1) is 15.5. The number of nitrogens with two attached hydrogens (primary N) is 1. The van der Waals surface area contributed by atoms with Crippen LogP contribution in [0.5, 0.6) is 0 Å². The van der Waals surface area contributed by atoms with E-state index in [1.54, 1.807) is 0 Å². The van der Waals surface area contributed by atoms with E-state index in [9.17, 15) is 18.0 Å². The third kappa shape index (κ3) is 4.27. The average Bonchev–Trinajstić information content (AvgIpc) is 2.41. The molecule has 0 unspecified atom stereocenters. The van der Waals surface area contributed by atoms with Gasteiger partial charge in [0, 0.05) is 6.04 Å². The molecule has 0 spiro atoms. The van der Waals surface area contributed by atoms with Crippen molar-refractivity contribution in [2.45, 2.75) is 44.3 Å². The fourth-order valence-electron chi connectivity index (χ4n) is 2.44. The molecule has 4 nitrogen and oxygen atoms in total. The van der Waals surface area contributed by atoms with Crippen LogP contribution < -0.4 is 16.4 Å². The summed E-state index contributed by atoms with van der Waals surface area (Å²) in [6.07, 6.45) is 0.731. The minimum atomic E-state index is -4.45. The van der Waals surface area contributed by atoms with Crippen LogP contribution >= 0.6 is 0 Å². The molecule has 116 valence electrons. The van der Waals surface area contributed by atoms with Gasteiger partial charge in [0.15, 0.2) is 0 Å². The van der Waals surface area contributed by atoms with Crippen molar-refractivity contribution in [1.29, 1.82) is 0 Å². The first-order valence-corrected chi connectivity index (χ1v) is 6.90. The van der Waals surface area contributed by atoms with Crippen LogP contribution in [-0.4, -0.2) is 12.1 Å². The number of anilines is 2. The highest BCUT2D eigenvalue weighted by Crippen LogP contribution is 2.32. The molecule has 2 amide bonds. The number of nitrogens with one attached hydrogen (secondary N) is 2. The monoisotopic (exact) mass is 301 g/mol. The van der Waals surface area contributed by atoms with Gasteiger partial charge in [-0.25, -0.2) is 4.79 Å². The molecule has 2 rings (SSSR count). The van der Waals surface area contributed by atoms with E-state index in [2.05, 4.69) is 10.6 Å². The predicted octanol–water partition coefficient (Wildman–Crippen LogP) is 3.74. The zero-order valence-corrected chi connectivity index (χ0v) is 11.5. The smallest absolute Gasteiger partial charge is 0.397 e. The molecule has 0 bridgehead atoms. The maximum absolute atomic E-state index is 12.5. The van der Waals surface area contributed by atoms with E-state index in [-0.39, 0.29) is 17.4 Å². The summed E-state index contributed by atoms with van der Waals surface area (Å²) in [6, 6.07) is 2.56. The lowest BCUT2D eigenvalue weighted by molar-refractivity contribution is -0.137. The topological polar surface area (TPSA) is 67.1 Å². The van der Waals surface area contributed by atoms with Crippen LogP contribution in [0.3, 0.4) is 0 Å². The largest absolute Gasteiger partial charge is 0.416 e. The fourth-order valence-corrected chi connectivity index (χ4v) is 2.44. The van der Waals surface area contributed by atoms with E-state index >= 15 is 0 Å². The Morgan fingerprint density at radius 1 is 1.19 bits per heavy atom. The molecule has 0 radical (unpaired) electrons. The zero-order valence-electron chi connectivity index (χ0n) is 11.5. The lowest BCUT2D eigenvalue weighted by atomic mass is 9.96. The van der Waals surface area contributed by atoms with E-state index < -0.39 is 17.8 Å².